The van der Waals surface area contributed by atoms with Gasteiger partial charge in [-0.25, -0.2) is 4.39 Å². The van der Waals surface area contributed by atoms with Crippen LogP contribution in [0, 0.1) is 5.82 Å². The van der Waals surface area contributed by atoms with Gasteiger partial charge in [0.15, 0.2) is 5.11 Å². The van der Waals surface area contributed by atoms with Gasteiger partial charge in [0.2, 0.25) is 5.91 Å². The first-order valence-corrected chi connectivity index (χ1v) is 7.76. The fraction of sp³-hybridized carbons (Fsp3) is 0.111. The molecular weight excluding hydrogens is 327 g/mol. The molecule has 2 aromatic rings. The Labute approximate surface area is 145 Å². The smallest absolute Gasteiger partial charge is 0.250 e. The number of hydrogen-bond donors (Lipinski definition) is 2. The van der Waals surface area contributed by atoms with E-state index in [9.17, 15) is 9.18 Å². The Morgan fingerprint density at radius 2 is 1.92 bits per heavy atom. The van der Waals surface area contributed by atoms with E-state index < -0.39 is 0 Å². The van der Waals surface area contributed by atoms with Gasteiger partial charge in [-0.1, -0.05) is 24.3 Å². The molecule has 0 fully saturated rings. The number of carbonyl (C=O) groups excluding carboxylic acids is 1. The molecule has 0 saturated carbocycles. The third kappa shape index (κ3) is 5.48. The number of anilines is 1. The second kappa shape index (κ2) is 8.79. The molecule has 0 unspecified atom stereocenters. The van der Waals surface area contributed by atoms with Crippen LogP contribution in [0.15, 0.2) is 54.6 Å². The van der Waals surface area contributed by atoms with Crippen molar-refractivity contribution < 1.29 is 13.9 Å². The maximum absolute atomic E-state index is 12.8. The molecule has 0 bridgehead atoms. The molecule has 6 heteroatoms. The molecule has 0 spiro atoms. The van der Waals surface area contributed by atoms with E-state index in [4.69, 9.17) is 17.0 Å². The zero-order chi connectivity index (χ0) is 17.4. The molecule has 0 aliphatic carbocycles. The van der Waals surface area contributed by atoms with Crippen LogP contribution in [-0.2, 0) is 4.79 Å². The molecule has 124 valence electrons. The molecule has 0 radical (unpaired) electrons. The van der Waals surface area contributed by atoms with E-state index in [-0.39, 0.29) is 16.8 Å². The fourth-order valence-electron chi connectivity index (χ4n) is 1.90. The lowest BCUT2D eigenvalue weighted by Gasteiger charge is -2.12. The Balaban J connectivity index is 1.92. The normalized spacial score (nSPS) is 10.4. The highest BCUT2D eigenvalue weighted by Gasteiger charge is 2.06. The van der Waals surface area contributed by atoms with E-state index in [0.29, 0.717) is 23.6 Å². The third-order valence-electron chi connectivity index (χ3n) is 2.97. The summed E-state index contributed by atoms with van der Waals surface area (Å²) >= 11 is 5.12. The quantitative estimate of drug-likeness (QED) is 0.641. The van der Waals surface area contributed by atoms with Crippen molar-refractivity contribution in [2.45, 2.75) is 6.92 Å². The number of ether oxygens (including phenoxy) is 1. The number of rotatable bonds is 5. The van der Waals surface area contributed by atoms with Crippen molar-refractivity contribution in [3.8, 4) is 5.75 Å². The topological polar surface area (TPSA) is 50.4 Å². The number of thiocarbonyl (C=S) groups is 1. The molecule has 1 amide bonds. The number of benzene rings is 2. The first kappa shape index (κ1) is 17.6. The summed E-state index contributed by atoms with van der Waals surface area (Å²) < 4.78 is 18.3. The SMILES string of the molecule is CCOc1ccccc1NC(=S)NC(=O)C=Cc1ccc(F)cc1. The Hall–Kier alpha value is -2.73. The molecule has 0 heterocycles. The van der Waals surface area contributed by atoms with Gasteiger partial charge in [-0.05, 0) is 55.0 Å². The van der Waals surface area contributed by atoms with Crippen LogP contribution in [0.5, 0.6) is 5.75 Å². The summed E-state index contributed by atoms with van der Waals surface area (Å²) in [5.41, 5.74) is 1.39. The average molecular weight is 344 g/mol. The van der Waals surface area contributed by atoms with Gasteiger partial charge in [-0.3, -0.25) is 10.1 Å². The molecule has 4 nitrogen and oxygen atoms in total. The predicted molar refractivity (Wildman–Crippen MR) is 97.4 cm³/mol. The molecule has 0 aliphatic rings. The van der Waals surface area contributed by atoms with Crippen LogP contribution >= 0.6 is 12.2 Å². The third-order valence-corrected chi connectivity index (χ3v) is 3.17. The number of amides is 1. The van der Waals surface area contributed by atoms with Gasteiger partial charge in [-0.2, -0.15) is 0 Å². The van der Waals surface area contributed by atoms with E-state index in [2.05, 4.69) is 10.6 Å². The van der Waals surface area contributed by atoms with E-state index in [1.165, 1.54) is 18.2 Å². The highest BCUT2D eigenvalue weighted by Crippen LogP contribution is 2.23. The van der Waals surface area contributed by atoms with Gasteiger partial charge in [0.1, 0.15) is 11.6 Å². The van der Waals surface area contributed by atoms with Crippen LogP contribution < -0.4 is 15.4 Å². The highest BCUT2D eigenvalue weighted by atomic mass is 32.1. The zero-order valence-corrected chi connectivity index (χ0v) is 13.9. The number of nitrogens with one attached hydrogen (secondary N) is 2. The molecule has 24 heavy (non-hydrogen) atoms. The summed E-state index contributed by atoms with van der Waals surface area (Å²) in [4.78, 5) is 11.9. The minimum absolute atomic E-state index is 0.163. The van der Waals surface area contributed by atoms with Crippen LogP contribution in [0.1, 0.15) is 12.5 Å². The Morgan fingerprint density at radius 3 is 2.62 bits per heavy atom. The van der Waals surface area contributed by atoms with Crippen molar-refractivity contribution >= 4 is 35.0 Å². The van der Waals surface area contributed by atoms with Crippen molar-refractivity contribution in [3.63, 3.8) is 0 Å². The van der Waals surface area contributed by atoms with E-state index >= 15 is 0 Å². The Bertz CT molecular complexity index is 745. The van der Waals surface area contributed by atoms with Gasteiger partial charge in [-0.15, -0.1) is 0 Å². The number of halogens is 1. The van der Waals surface area contributed by atoms with Gasteiger partial charge >= 0.3 is 0 Å². The summed E-state index contributed by atoms with van der Waals surface area (Å²) in [6, 6.07) is 13.1. The minimum Gasteiger partial charge on any atom is -0.492 e. The average Bonchev–Trinajstić information content (AvgIpc) is 2.56. The van der Waals surface area contributed by atoms with Crippen LogP contribution in [-0.4, -0.2) is 17.6 Å². The van der Waals surface area contributed by atoms with Crippen molar-refractivity contribution in [1.29, 1.82) is 0 Å². The second-order valence-corrected chi connectivity index (χ2v) is 5.17. The molecule has 0 aliphatic heterocycles. The standard InChI is InChI=1S/C18H17FN2O2S/c1-2-23-16-6-4-3-5-15(16)20-18(24)21-17(22)12-9-13-7-10-14(19)11-8-13/h3-12H,2H2,1H3,(H2,20,21,22,24). The van der Waals surface area contributed by atoms with Crippen molar-refractivity contribution in [1.82, 2.24) is 5.32 Å². The highest BCUT2D eigenvalue weighted by molar-refractivity contribution is 7.80. The van der Waals surface area contributed by atoms with Crippen LogP contribution in [0.4, 0.5) is 10.1 Å². The van der Waals surface area contributed by atoms with Gasteiger partial charge in [0.25, 0.3) is 0 Å². The summed E-state index contributed by atoms with van der Waals surface area (Å²) in [6.07, 6.45) is 2.90. The van der Waals surface area contributed by atoms with Gasteiger partial charge < -0.3 is 10.1 Å². The van der Waals surface area contributed by atoms with E-state index in [1.807, 2.05) is 25.1 Å². The van der Waals surface area contributed by atoms with Gasteiger partial charge in [0, 0.05) is 6.08 Å². The van der Waals surface area contributed by atoms with Crippen molar-refractivity contribution in [2.75, 3.05) is 11.9 Å². The lowest BCUT2D eigenvalue weighted by Crippen LogP contribution is -2.32. The van der Waals surface area contributed by atoms with Crippen molar-refractivity contribution in [3.05, 3.63) is 66.0 Å². The monoisotopic (exact) mass is 344 g/mol. The maximum atomic E-state index is 12.8. The van der Waals surface area contributed by atoms with Gasteiger partial charge in [0.05, 0.1) is 12.3 Å². The lowest BCUT2D eigenvalue weighted by molar-refractivity contribution is -0.115. The van der Waals surface area contributed by atoms with Crippen LogP contribution in [0.3, 0.4) is 0 Å². The zero-order valence-electron chi connectivity index (χ0n) is 13.1. The number of para-hydroxylation sites is 2. The molecule has 0 aromatic heterocycles. The minimum atomic E-state index is -0.384. The number of hydrogen-bond acceptors (Lipinski definition) is 3. The molecular formula is C18H17FN2O2S. The summed E-state index contributed by atoms with van der Waals surface area (Å²) in [5, 5.41) is 5.63. The summed E-state index contributed by atoms with van der Waals surface area (Å²) in [6.45, 7) is 2.41. The molecule has 2 N–H and O–H groups in total. The lowest BCUT2D eigenvalue weighted by atomic mass is 10.2. The molecule has 2 aromatic carbocycles. The summed E-state index contributed by atoms with van der Waals surface area (Å²) in [5.74, 6) is -0.0564. The van der Waals surface area contributed by atoms with E-state index in [1.54, 1.807) is 24.3 Å². The molecule has 0 saturated heterocycles. The molecule has 0 atom stereocenters. The van der Waals surface area contributed by atoms with Crippen LogP contribution in [0.25, 0.3) is 6.08 Å². The predicted octanol–water partition coefficient (Wildman–Crippen LogP) is 3.75. The van der Waals surface area contributed by atoms with Crippen LogP contribution in [0.2, 0.25) is 0 Å². The van der Waals surface area contributed by atoms with E-state index in [0.717, 1.165) is 0 Å². The molecule has 2 rings (SSSR count). The Morgan fingerprint density at radius 1 is 1.21 bits per heavy atom. The maximum Gasteiger partial charge on any atom is 0.250 e. The number of carbonyl (C=O) groups is 1. The van der Waals surface area contributed by atoms with Crippen molar-refractivity contribution in [2.24, 2.45) is 0 Å². The summed E-state index contributed by atoms with van der Waals surface area (Å²) in [7, 11) is 0. The Kier molecular flexibility index (Phi) is 6.45. The first-order chi connectivity index (χ1) is 11.6. The first-order valence-electron chi connectivity index (χ1n) is 7.36. The largest absolute Gasteiger partial charge is 0.492 e. The fourth-order valence-corrected chi connectivity index (χ4v) is 2.11. The second-order valence-electron chi connectivity index (χ2n) is 4.76.